The van der Waals surface area contributed by atoms with Gasteiger partial charge in [0.2, 0.25) is 11.8 Å². The predicted molar refractivity (Wildman–Crippen MR) is 73.0 cm³/mol. The van der Waals surface area contributed by atoms with Crippen molar-refractivity contribution < 1.29 is 14.0 Å². The first kappa shape index (κ1) is 13.2. The van der Waals surface area contributed by atoms with Crippen LogP contribution in [0.15, 0.2) is 22.8 Å². The van der Waals surface area contributed by atoms with Crippen molar-refractivity contribution in [3.63, 3.8) is 0 Å². The topological polar surface area (TPSA) is 62.6 Å². The molecule has 20 heavy (non-hydrogen) atoms. The maximum atomic E-state index is 12.5. The lowest BCUT2D eigenvalue weighted by molar-refractivity contribution is -0.134. The van der Waals surface area contributed by atoms with Crippen molar-refractivity contribution in [1.82, 2.24) is 10.2 Å². The first-order valence-electron chi connectivity index (χ1n) is 7.24. The molecule has 3 rings (SSSR count). The summed E-state index contributed by atoms with van der Waals surface area (Å²) in [5, 5.41) is 2.91. The largest absolute Gasteiger partial charge is 0.469 e. The quantitative estimate of drug-likeness (QED) is 0.910. The Balaban J connectivity index is 1.57. The van der Waals surface area contributed by atoms with Crippen molar-refractivity contribution in [3.8, 4) is 0 Å². The van der Waals surface area contributed by atoms with Crippen LogP contribution in [-0.2, 0) is 9.59 Å². The molecule has 1 aliphatic heterocycles. The lowest BCUT2D eigenvalue weighted by Crippen LogP contribution is -2.49. The van der Waals surface area contributed by atoms with E-state index in [1.54, 1.807) is 6.26 Å². The summed E-state index contributed by atoms with van der Waals surface area (Å²) in [7, 11) is 0. The summed E-state index contributed by atoms with van der Waals surface area (Å²) < 4.78 is 5.37. The molecule has 1 saturated carbocycles. The van der Waals surface area contributed by atoms with Gasteiger partial charge in [-0.15, -0.1) is 0 Å². The van der Waals surface area contributed by atoms with Crippen LogP contribution in [0.4, 0.5) is 0 Å². The molecule has 0 aromatic carbocycles. The van der Waals surface area contributed by atoms with E-state index in [2.05, 4.69) is 5.32 Å². The minimum atomic E-state index is -0.0239. The zero-order valence-electron chi connectivity index (χ0n) is 11.7. The summed E-state index contributed by atoms with van der Waals surface area (Å²) in [5.74, 6) is 1.42. The van der Waals surface area contributed by atoms with Crippen LogP contribution in [0, 0.1) is 5.92 Å². The van der Waals surface area contributed by atoms with Crippen molar-refractivity contribution in [2.24, 2.45) is 5.92 Å². The van der Waals surface area contributed by atoms with E-state index in [-0.39, 0.29) is 29.7 Å². The molecule has 2 heterocycles. The van der Waals surface area contributed by atoms with Crippen LogP contribution in [-0.4, -0.2) is 35.8 Å². The van der Waals surface area contributed by atoms with E-state index < -0.39 is 0 Å². The lowest BCUT2D eigenvalue weighted by atomic mass is 10.0. The summed E-state index contributed by atoms with van der Waals surface area (Å²) >= 11 is 0. The molecule has 1 aliphatic carbocycles. The van der Waals surface area contributed by atoms with Gasteiger partial charge in [-0.05, 0) is 31.4 Å². The molecular weight excluding hydrogens is 256 g/mol. The van der Waals surface area contributed by atoms with Gasteiger partial charge in [0.15, 0.2) is 0 Å². The molecule has 0 spiro atoms. The third-order valence-electron chi connectivity index (χ3n) is 4.16. The molecule has 1 N–H and O–H groups in total. The van der Waals surface area contributed by atoms with Crippen LogP contribution in [0.1, 0.15) is 37.9 Å². The maximum Gasteiger partial charge on any atom is 0.226 e. The molecule has 2 amide bonds. The standard InChI is InChI=1S/C15H20N2O3/c1-10(18)16-11-4-2-6-17(9-11)15(19)13-8-12(13)14-5-3-7-20-14/h3,5,7,11-13H,2,4,6,8-9H2,1H3,(H,16,18). The summed E-state index contributed by atoms with van der Waals surface area (Å²) in [6.07, 6.45) is 4.45. The third kappa shape index (κ3) is 2.71. The number of carbonyl (C=O) groups is 2. The molecular formula is C15H20N2O3. The highest BCUT2D eigenvalue weighted by molar-refractivity contribution is 5.83. The Hall–Kier alpha value is -1.78. The number of hydrogen-bond acceptors (Lipinski definition) is 3. The van der Waals surface area contributed by atoms with Crippen LogP contribution in [0.2, 0.25) is 0 Å². The van der Waals surface area contributed by atoms with E-state index in [1.165, 1.54) is 6.92 Å². The van der Waals surface area contributed by atoms with Gasteiger partial charge in [0.1, 0.15) is 5.76 Å². The molecule has 5 nitrogen and oxygen atoms in total. The number of piperidine rings is 1. The molecule has 0 radical (unpaired) electrons. The second kappa shape index (κ2) is 5.31. The fourth-order valence-corrected chi connectivity index (χ4v) is 3.10. The van der Waals surface area contributed by atoms with Crippen LogP contribution >= 0.6 is 0 Å². The third-order valence-corrected chi connectivity index (χ3v) is 4.16. The Morgan fingerprint density at radius 3 is 3.00 bits per heavy atom. The van der Waals surface area contributed by atoms with Crippen LogP contribution in [0.5, 0.6) is 0 Å². The molecule has 2 aliphatic rings. The van der Waals surface area contributed by atoms with Gasteiger partial charge < -0.3 is 14.6 Å². The van der Waals surface area contributed by atoms with Crippen molar-refractivity contribution >= 4 is 11.8 Å². The van der Waals surface area contributed by atoms with Crippen molar-refractivity contribution in [2.75, 3.05) is 13.1 Å². The summed E-state index contributed by atoms with van der Waals surface area (Å²) in [4.78, 5) is 25.5. The van der Waals surface area contributed by atoms with Crippen molar-refractivity contribution in [3.05, 3.63) is 24.2 Å². The van der Waals surface area contributed by atoms with Gasteiger partial charge >= 0.3 is 0 Å². The van der Waals surface area contributed by atoms with E-state index in [0.29, 0.717) is 6.54 Å². The number of amides is 2. The highest BCUT2D eigenvalue weighted by Crippen LogP contribution is 2.48. The molecule has 1 aromatic heterocycles. The van der Waals surface area contributed by atoms with E-state index >= 15 is 0 Å². The SMILES string of the molecule is CC(=O)NC1CCCN(C(=O)C2CC2c2ccco2)C1. The molecule has 0 bridgehead atoms. The average Bonchev–Trinajstić information content (AvgIpc) is 3.03. The first-order valence-corrected chi connectivity index (χ1v) is 7.24. The summed E-state index contributed by atoms with van der Waals surface area (Å²) in [6, 6.07) is 3.91. The monoisotopic (exact) mass is 276 g/mol. The van der Waals surface area contributed by atoms with Gasteiger partial charge in [-0.1, -0.05) is 0 Å². The Bertz CT molecular complexity index is 497. The predicted octanol–water partition coefficient (Wildman–Crippen LogP) is 1.51. The smallest absolute Gasteiger partial charge is 0.226 e. The fourth-order valence-electron chi connectivity index (χ4n) is 3.10. The molecule has 5 heteroatoms. The minimum Gasteiger partial charge on any atom is -0.469 e. The van der Waals surface area contributed by atoms with Gasteiger partial charge in [-0.2, -0.15) is 0 Å². The Kier molecular flexibility index (Phi) is 3.51. The van der Waals surface area contributed by atoms with Crippen LogP contribution in [0.3, 0.4) is 0 Å². The first-order chi connectivity index (χ1) is 9.65. The fraction of sp³-hybridized carbons (Fsp3) is 0.600. The van der Waals surface area contributed by atoms with Gasteiger partial charge in [-0.25, -0.2) is 0 Å². The van der Waals surface area contributed by atoms with E-state index in [1.807, 2.05) is 17.0 Å². The van der Waals surface area contributed by atoms with Crippen molar-refractivity contribution in [2.45, 2.75) is 38.1 Å². The van der Waals surface area contributed by atoms with E-state index in [9.17, 15) is 9.59 Å². The maximum absolute atomic E-state index is 12.5. The Morgan fingerprint density at radius 2 is 2.30 bits per heavy atom. The van der Waals surface area contributed by atoms with Crippen molar-refractivity contribution in [1.29, 1.82) is 0 Å². The Labute approximate surface area is 118 Å². The number of rotatable bonds is 3. The normalized spacial score (nSPS) is 29.1. The highest BCUT2D eigenvalue weighted by atomic mass is 16.3. The van der Waals surface area contributed by atoms with Gasteiger partial charge in [0.25, 0.3) is 0 Å². The molecule has 108 valence electrons. The van der Waals surface area contributed by atoms with Crippen LogP contribution < -0.4 is 5.32 Å². The average molecular weight is 276 g/mol. The Morgan fingerprint density at radius 1 is 1.45 bits per heavy atom. The van der Waals surface area contributed by atoms with Gasteiger partial charge in [0.05, 0.1) is 6.26 Å². The number of likely N-dealkylation sites (tertiary alicyclic amines) is 1. The molecule has 3 atom stereocenters. The zero-order valence-corrected chi connectivity index (χ0v) is 11.7. The molecule has 1 saturated heterocycles. The molecule has 2 fully saturated rings. The zero-order chi connectivity index (χ0) is 14.1. The van der Waals surface area contributed by atoms with E-state index in [4.69, 9.17) is 4.42 Å². The van der Waals surface area contributed by atoms with Gasteiger partial charge in [-0.3, -0.25) is 9.59 Å². The highest BCUT2D eigenvalue weighted by Gasteiger charge is 2.47. The number of carbonyl (C=O) groups excluding carboxylic acids is 2. The van der Waals surface area contributed by atoms with Gasteiger partial charge in [0, 0.05) is 37.9 Å². The van der Waals surface area contributed by atoms with E-state index in [0.717, 1.165) is 31.6 Å². The second-order valence-corrected chi connectivity index (χ2v) is 5.79. The lowest BCUT2D eigenvalue weighted by Gasteiger charge is -2.33. The second-order valence-electron chi connectivity index (χ2n) is 5.79. The molecule has 1 aromatic rings. The number of nitrogens with one attached hydrogen (secondary N) is 1. The number of furan rings is 1. The minimum absolute atomic E-state index is 0.0239. The number of hydrogen-bond donors (Lipinski definition) is 1. The van der Waals surface area contributed by atoms with Crippen LogP contribution in [0.25, 0.3) is 0 Å². The number of nitrogens with zero attached hydrogens (tertiary/aromatic N) is 1. The summed E-state index contributed by atoms with van der Waals surface area (Å²) in [5.41, 5.74) is 0. The molecule has 3 unspecified atom stereocenters. The summed E-state index contributed by atoms with van der Waals surface area (Å²) in [6.45, 7) is 2.96.